The molecule has 1 N–H and O–H groups in total. The normalized spacial score (nSPS) is 14.1. The van der Waals surface area contributed by atoms with Crippen LogP contribution in [0.5, 0.6) is 0 Å². The van der Waals surface area contributed by atoms with Gasteiger partial charge in [-0.1, -0.05) is 17.7 Å². The summed E-state index contributed by atoms with van der Waals surface area (Å²) in [6.07, 6.45) is 2.46. The molecule has 23 heavy (non-hydrogen) atoms. The molecule has 1 aliphatic heterocycles. The lowest BCUT2D eigenvalue weighted by molar-refractivity contribution is 0.0722. The van der Waals surface area contributed by atoms with E-state index in [-0.39, 0.29) is 22.3 Å². The Labute approximate surface area is 136 Å². The number of benzene rings is 1. The lowest BCUT2D eigenvalue weighted by atomic mass is 10.1. The van der Waals surface area contributed by atoms with Gasteiger partial charge in [0.15, 0.2) is 5.82 Å². The Kier molecular flexibility index (Phi) is 3.27. The fraction of sp³-hybridized carbons (Fsp3) is 0.188. The van der Waals surface area contributed by atoms with E-state index in [4.69, 9.17) is 11.6 Å². The van der Waals surface area contributed by atoms with Gasteiger partial charge >= 0.3 is 0 Å². The molecule has 5 nitrogen and oxygen atoms in total. The third-order valence-corrected chi connectivity index (χ3v) is 4.36. The van der Waals surface area contributed by atoms with Gasteiger partial charge in [0.2, 0.25) is 0 Å². The van der Waals surface area contributed by atoms with E-state index >= 15 is 0 Å². The van der Waals surface area contributed by atoms with E-state index in [2.05, 4.69) is 15.0 Å². The van der Waals surface area contributed by atoms with E-state index in [0.29, 0.717) is 25.0 Å². The summed E-state index contributed by atoms with van der Waals surface area (Å²) in [5.74, 6) is -0.616. The average molecular weight is 331 g/mol. The number of nitrogens with one attached hydrogen (secondary N) is 1. The first-order valence-corrected chi connectivity index (χ1v) is 7.57. The van der Waals surface area contributed by atoms with Crippen LogP contribution in [0, 0.1) is 5.82 Å². The first kappa shape index (κ1) is 14.1. The molecule has 1 aromatic carbocycles. The van der Waals surface area contributed by atoms with Crippen molar-refractivity contribution >= 4 is 28.5 Å². The lowest BCUT2D eigenvalue weighted by Crippen LogP contribution is -2.36. The highest BCUT2D eigenvalue weighted by molar-refractivity contribution is 6.35. The number of amides is 1. The topological polar surface area (TPSA) is 61.9 Å². The Bertz CT molecular complexity index is 924. The van der Waals surface area contributed by atoms with Gasteiger partial charge in [0.25, 0.3) is 5.91 Å². The van der Waals surface area contributed by atoms with Gasteiger partial charge in [-0.25, -0.2) is 9.37 Å². The quantitative estimate of drug-likeness (QED) is 0.746. The van der Waals surface area contributed by atoms with E-state index in [1.165, 1.54) is 12.1 Å². The Morgan fingerprint density at radius 2 is 2.22 bits per heavy atom. The van der Waals surface area contributed by atoms with E-state index in [9.17, 15) is 9.18 Å². The minimum absolute atomic E-state index is 0.0778. The van der Waals surface area contributed by atoms with Crippen molar-refractivity contribution in [3.8, 4) is 0 Å². The Morgan fingerprint density at radius 1 is 1.35 bits per heavy atom. The van der Waals surface area contributed by atoms with Crippen LogP contribution < -0.4 is 0 Å². The SMILES string of the molecule is O=C(c1nc2c(Cl)c(F)ccc2[nH]1)N1CCc2ncccc2C1. The zero-order chi connectivity index (χ0) is 16.0. The van der Waals surface area contributed by atoms with Crippen molar-refractivity contribution in [1.29, 1.82) is 0 Å². The summed E-state index contributed by atoms with van der Waals surface area (Å²) in [7, 11) is 0. The number of hydrogen-bond acceptors (Lipinski definition) is 3. The largest absolute Gasteiger partial charge is 0.334 e. The average Bonchev–Trinajstić information content (AvgIpc) is 3.02. The van der Waals surface area contributed by atoms with Gasteiger partial charge in [-0.05, 0) is 23.8 Å². The zero-order valence-electron chi connectivity index (χ0n) is 12.0. The van der Waals surface area contributed by atoms with Crippen molar-refractivity contribution in [3.05, 3.63) is 58.4 Å². The molecule has 0 unspecified atom stereocenters. The number of halogens is 2. The van der Waals surface area contributed by atoms with Crippen molar-refractivity contribution in [3.63, 3.8) is 0 Å². The highest BCUT2D eigenvalue weighted by Gasteiger charge is 2.25. The molecule has 0 spiro atoms. The molecular formula is C16H12ClFN4O. The van der Waals surface area contributed by atoms with Crippen LogP contribution in [0.2, 0.25) is 5.02 Å². The number of H-pyrrole nitrogens is 1. The zero-order valence-corrected chi connectivity index (χ0v) is 12.8. The van der Waals surface area contributed by atoms with Crippen molar-refractivity contribution in [1.82, 2.24) is 19.9 Å². The highest BCUT2D eigenvalue weighted by Crippen LogP contribution is 2.25. The summed E-state index contributed by atoms with van der Waals surface area (Å²) in [5.41, 5.74) is 2.87. The van der Waals surface area contributed by atoms with E-state index < -0.39 is 5.82 Å². The molecule has 1 amide bonds. The summed E-state index contributed by atoms with van der Waals surface area (Å²) in [6, 6.07) is 6.60. The third-order valence-electron chi connectivity index (χ3n) is 4.00. The van der Waals surface area contributed by atoms with Gasteiger partial charge in [0.05, 0.1) is 5.52 Å². The molecule has 4 rings (SSSR count). The van der Waals surface area contributed by atoms with E-state index in [1.807, 2.05) is 12.1 Å². The van der Waals surface area contributed by atoms with E-state index in [0.717, 1.165) is 11.3 Å². The number of aromatic amines is 1. The first-order chi connectivity index (χ1) is 11.1. The van der Waals surface area contributed by atoms with Crippen LogP contribution in [0.1, 0.15) is 21.9 Å². The second kappa shape index (κ2) is 5.31. The molecule has 0 aliphatic carbocycles. The molecular weight excluding hydrogens is 319 g/mol. The van der Waals surface area contributed by atoms with Gasteiger partial charge in [-0.3, -0.25) is 9.78 Å². The van der Waals surface area contributed by atoms with Crippen LogP contribution in [-0.4, -0.2) is 32.3 Å². The Balaban J connectivity index is 1.66. The van der Waals surface area contributed by atoms with E-state index in [1.54, 1.807) is 11.1 Å². The van der Waals surface area contributed by atoms with Crippen LogP contribution in [0.4, 0.5) is 4.39 Å². The summed E-state index contributed by atoms with van der Waals surface area (Å²) in [6.45, 7) is 1.06. The standard InChI is InChI=1S/C16H12ClFN4O/c17-13-10(18)3-4-12-14(13)21-15(20-12)16(23)22-7-5-11-9(8-22)2-1-6-19-11/h1-4,6H,5,7-8H2,(H,20,21). The molecule has 2 aromatic heterocycles. The minimum Gasteiger partial charge on any atom is -0.334 e. The van der Waals surface area contributed by atoms with Gasteiger partial charge in [-0.15, -0.1) is 0 Å². The lowest BCUT2D eigenvalue weighted by Gasteiger charge is -2.27. The molecule has 0 saturated heterocycles. The first-order valence-electron chi connectivity index (χ1n) is 7.19. The predicted octanol–water partition coefficient (Wildman–Crippen LogP) is 2.95. The third kappa shape index (κ3) is 2.35. The Morgan fingerprint density at radius 3 is 3.09 bits per heavy atom. The Hall–Kier alpha value is -2.47. The number of hydrogen-bond donors (Lipinski definition) is 1. The van der Waals surface area contributed by atoms with Gasteiger partial charge in [0.1, 0.15) is 16.4 Å². The number of carbonyl (C=O) groups excluding carboxylic acids is 1. The van der Waals surface area contributed by atoms with Crippen LogP contribution in [-0.2, 0) is 13.0 Å². The number of imidazole rings is 1. The molecule has 1 aliphatic rings. The highest BCUT2D eigenvalue weighted by atomic mass is 35.5. The summed E-state index contributed by atoms with van der Waals surface area (Å²) in [4.78, 5) is 25.8. The molecule has 116 valence electrons. The maximum atomic E-state index is 13.5. The van der Waals surface area contributed by atoms with Crippen molar-refractivity contribution in [2.45, 2.75) is 13.0 Å². The van der Waals surface area contributed by atoms with Crippen LogP contribution in [0.15, 0.2) is 30.5 Å². The minimum atomic E-state index is -0.553. The summed E-state index contributed by atoms with van der Waals surface area (Å²) in [5, 5.41) is -0.0778. The molecule has 0 atom stereocenters. The van der Waals surface area contributed by atoms with Gasteiger partial charge in [-0.2, -0.15) is 0 Å². The fourth-order valence-corrected chi connectivity index (χ4v) is 3.01. The maximum absolute atomic E-state index is 13.5. The summed E-state index contributed by atoms with van der Waals surface area (Å²) >= 11 is 5.91. The monoisotopic (exact) mass is 330 g/mol. The van der Waals surface area contributed by atoms with Crippen molar-refractivity contribution in [2.24, 2.45) is 0 Å². The van der Waals surface area contributed by atoms with Crippen LogP contribution in [0.25, 0.3) is 11.0 Å². The summed E-state index contributed by atoms with van der Waals surface area (Å²) < 4.78 is 13.5. The second-order valence-corrected chi connectivity index (χ2v) is 5.81. The van der Waals surface area contributed by atoms with Gasteiger partial charge in [0, 0.05) is 31.4 Å². The number of rotatable bonds is 1. The molecule has 3 heterocycles. The van der Waals surface area contributed by atoms with Gasteiger partial charge < -0.3 is 9.88 Å². The number of fused-ring (bicyclic) bond motifs is 2. The van der Waals surface area contributed by atoms with Crippen molar-refractivity contribution in [2.75, 3.05) is 6.54 Å². The second-order valence-electron chi connectivity index (χ2n) is 5.43. The number of aromatic nitrogens is 3. The number of nitrogens with zero attached hydrogens (tertiary/aromatic N) is 3. The molecule has 0 bridgehead atoms. The number of carbonyl (C=O) groups is 1. The van der Waals surface area contributed by atoms with Crippen molar-refractivity contribution < 1.29 is 9.18 Å². The molecule has 0 fully saturated rings. The molecule has 0 saturated carbocycles. The van der Waals surface area contributed by atoms with Crippen LogP contribution in [0.3, 0.4) is 0 Å². The molecule has 7 heteroatoms. The smallest absolute Gasteiger partial charge is 0.289 e. The predicted molar refractivity (Wildman–Crippen MR) is 83.7 cm³/mol. The maximum Gasteiger partial charge on any atom is 0.289 e. The molecule has 3 aromatic rings. The fourth-order valence-electron chi connectivity index (χ4n) is 2.81. The number of pyridine rings is 1. The van der Waals surface area contributed by atoms with Crippen LogP contribution >= 0.6 is 11.6 Å². The molecule has 0 radical (unpaired) electrons.